The summed E-state index contributed by atoms with van der Waals surface area (Å²) in [5, 5.41) is 0. The van der Waals surface area contributed by atoms with Gasteiger partial charge in [-0.2, -0.15) is 0 Å². The number of likely N-dealkylation sites (N-methyl/N-ethyl adjacent to an activating group) is 1. The van der Waals surface area contributed by atoms with Crippen LogP contribution in [-0.4, -0.2) is 56.5 Å². The Balaban J connectivity index is 1.53. The van der Waals surface area contributed by atoms with E-state index in [1.165, 1.54) is 19.1 Å². The molecule has 0 aromatic heterocycles. The first kappa shape index (κ1) is 20.2. The molecule has 3 amide bonds. The summed E-state index contributed by atoms with van der Waals surface area (Å²) in [6.45, 7) is 0.697. The van der Waals surface area contributed by atoms with E-state index in [-0.39, 0.29) is 23.8 Å². The van der Waals surface area contributed by atoms with Crippen LogP contribution in [-0.2, 0) is 19.9 Å². The molecular weight excluding hydrogens is 422 g/mol. The third kappa shape index (κ3) is 2.26. The molecule has 2 aromatic rings. The molecule has 4 aliphatic rings. The maximum atomic E-state index is 14.0. The van der Waals surface area contributed by atoms with E-state index in [4.69, 9.17) is 9.47 Å². The molecule has 0 aliphatic carbocycles. The molecule has 4 heterocycles. The molecule has 0 N–H and O–H groups in total. The van der Waals surface area contributed by atoms with Gasteiger partial charge in [0.2, 0.25) is 11.8 Å². The van der Waals surface area contributed by atoms with Gasteiger partial charge in [0.05, 0.1) is 31.7 Å². The number of hydrogen-bond acceptors (Lipinski definition) is 6. The fourth-order valence-electron chi connectivity index (χ4n) is 6.67. The molecule has 33 heavy (non-hydrogen) atoms. The van der Waals surface area contributed by atoms with Crippen LogP contribution < -0.4 is 19.3 Å². The average molecular weight is 447 g/mol. The highest BCUT2D eigenvalue weighted by atomic mass is 16.5. The number of rotatable bonds is 3. The summed E-state index contributed by atoms with van der Waals surface area (Å²) in [6.07, 6.45) is 1.69. The highest BCUT2D eigenvalue weighted by Gasteiger charge is 2.75. The topological polar surface area (TPSA) is 79.4 Å². The number of benzene rings is 2. The number of nitrogens with zero attached hydrogens (tertiary/aromatic N) is 3. The fraction of sp³-hybridized carbons (Fsp3) is 0.400. The van der Waals surface area contributed by atoms with Crippen molar-refractivity contribution in [3.8, 4) is 11.5 Å². The van der Waals surface area contributed by atoms with E-state index in [1.54, 1.807) is 30.1 Å². The molecule has 170 valence electrons. The molecule has 3 fully saturated rings. The lowest BCUT2D eigenvalue weighted by molar-refractivity contribution is -0.136. The van der Waals surface area contributed by atoms with Gasteiger partial charge in [0, 0.05) is 30.4 Å². The number of para-hydroxylation sites is 1. The average Bonchev–Trinajstić information content (AvgIpc) is 3.53. The summed E-state index contributed by atoms with van der Waals surface area (Å²) in [5.74, 6) is -1.07. The minimum atomic E-state index is -1.14. The first-order valence-corrected chi connectivity index (χ1v) is 11.2. The minimum Gasteiger partial charge on any atom is -0.493 e. The van der Waals surface area contributed by atoms with E-state index in [1.807, 2.05) is 24.3 Å². The molecule has 1 spiro atoms. The molecule has 0 saturated carbocycles. The maximum absolute atomic E-state index is 14.0. The second kappa shape index (κ2) is 6.81. The summed E-state index contributed by atoms with van der Waals surface area (Å²) in [7, 11) is 4.80. The number of hydrogen-bond donors (Lipinski definition) is 0. The SMILES string of the molecule is COc1ccc(N2C(=O)C3C4CCCN4C4(C(=O)N(C)c5ccccc54)C3C2=O)cc1OC. The molecule has 2 aromatic carbocycles. The lowest BCUT2D eigenvalue weighted by Crippen LogP contribution is -2.55. The third-order valence-electron chi connectivity index (χ3n) is 7.90. The van der Waals surface area contributed by atoms with E-state index in [2.05, 4.69) is 4.90 Å². The summed E-state index contributed by atoms with van der Waals surface area (Å²) in [6, 6.07) is 12.5. The van der Waals surface area contributed by atoms with Crippen LogP contribution in [0.5, 0.6) is 11.5 Å². The number of fused-ring (bicyclic) bond motifs is 7. The van der Waals surface area contributed by atoms with Crippen LogP contribution in [0.15, 0.2) is 42.5 Å². The highest BCUT2D eigenvalue weighted by Crippen LogP contribution is 2.61. The molecule has 0 radical (unpaired) electrons. The van der Waals surface area contributed by atoms with Gasteiger partial charge in [0.25, 0.3) is 5.91 Å². The van der Waals surface area contributed by atoms with Gasteiger partial charge in [-0.3, -0.25) is 19.3 Å². The van der Waals surface area contributed by atoms with Crippen molar-refractivity contribution < 1.29 is 23.9 Å². The molecular formula is C25H25N3O5. The van der Waals surface area contributed by atoms with Gasteiger partial charge in [-0.05, 0) is 37.6 Å². The summed E-state index contributed by atoms with van der Waals surface area (Å²) in [4.78, 5) is 46.8. The zero-order chi connectivity index (χ0) is 23.1. The molecule has 4 unspecified atom stereocenters. The number of anilines is 2. The Morgan fingerprint density at radius 2 is 1.73 bits per heavy atom. The Labute approximate surface area is 191 Å². The van der Waals surface area contributed by atoms with Crippen molar-refractivity contribution in [3.63, 3.8) is 0 Å². The van der Waals surface area contributed by atoms with Crippen LogP contribution in [0.4, 0.5) is 11.4 Å². The first-order valence-electron chi connectivity index (χ1n) is 11.2. The van der Waals surface area contributed by atoms with Crippen molar-refractivity contribution in [3.05, 3.63) is 48.0 Å². The van der Waals surface area contributed by atoms with E-state index in [9.17, 15) is 14.4 Å². The van der Waals surface area contributed by atoms with Crippen molar-refractivity contribution in [1.29, 1.82) is 0 Å². The van der Waals surface area contributed by atoms with Crippen molar-refractivity contribution in [2.45, 2.75) is 24.4 Å². The van der Waals surface area contributed by atoms with Gasteiger partial charge < -0.3 is 14.4 Å². The number of imide groups is 1. The first-order chi connectivity index (χ1) is 16.0. The van der Waals surface area contributed by atoms with Crippen molar-refractivity contribution in [2.24, 2.45) is 11.8 Å². The van der Waals surface area contributed by atoms with E-state index < -0.39 is 17.4 Å². The Bertz CT molecular complexity index is 1210. The van der Waals surface area contributed by atoms with Gasteiger partial charge in [-0.25, -0.2) is 4.90 Å². The number of carbonyl (C=O) groups excluding carboxylic acids is 3. The van der Waals surface area contributed by atoms with E-state index >= 15 is 0 Å². The lowest BCUT2D eigenvalue weighted by Gasteiger charge is -2.37. The van der Waals surface area contributed by atoms with Crippen molar-refractivity contribution in [1.82, 2.24) is 4.90 Å². The van der Waals surface area contributed by atoms with Crippen molar-refractivity contribution >= 4 is 29.1 Å². The Hall–Kier alpha value is -3.39. The summed E-state index contributed by atoms with van der Waals surface area (Å²) < 4.78 is 10.7. The molecule has 0 bridgehead atoms. The second-order valence-electron chi connectivity index (χ2n) is 9.11. The van der Waals surface area contributed by atoms with Crippen LogP contribution in [0, 0.1) is 11.8 Å². The Morgan fingerprint density at radius 1 is 0.970 bits per heavy atom. The Morgan fingerprint density at radius 3 is 2.48 bits per heavy atom. The van der Waals surface area contributed by atoms with Gasteiger partial charge in [0.1, 0.15) is 5.54 Å². The molecule has 6 rings (SSSR count). The minimum absolute atomic E-state index is 0.126. The van der Waals surface area contributed by atoms with Crippen LogP contribution >= 0.6 is 0 Å². The number of amides is 3. The number of methoxy groups -OCH3 is 2. The Kier molecular flexibility index (Phi) is 4.17. The van der Waals surface area contributed by atoms with E-state index in [0.29, 0.717) is 23.7 Å². The molecule has 4 atom stereocenters. The fourth-order valence-corrected chi connectivity index (χ4v) is 6.67. The van der Waals surface area contributed by atoms with Gasteiger partial charge in [-0.15, -0.1) is 0 Å². The number of carbonyl (C=O) groups is 3. The molecule has 8 heteroatoms. The summed E-state index contributed by atoms with van der Waals surface area (Å²) >= 11 is 0. The van der Waals surface area contributed by atoms with Crippen LogP contribution in [0.1, 0.15) is 18.4 Å². The molecule has 8 nitrogen and oxygen atoms in total. The smallest absolute Gasteiger partial charge is 0.252 e. The van der Waals surface area contributed by atoms with Crippen LogP contribution in [0.25, 0.3) is 0 Å². The van der Waals surface area contributed by atoms with Crippen molar-refractivity contribution in [2.75, 3.05) is 37.6 Å². The zero-order valence-corrected chi connectivity index (χ0v) is 18.8. The zero-order valence-electron chi connectivity index (χ0n) is 18.8. The predicted octanol–water partition coefficient (Wildman–Crippen LogP) is 2.16. The second-order valence-corrected chi connectivity index (χ2v) is 9.11. The summed E-state index contributed by atoms with van der Waals surface area (Å²) in [5.41, 5.74) is 0.921. The van der Waals surface area contributed by atoms with E-state index in [0.717, 1.165) is 24.1 Å². The van der Waals surface area contributed by atoms with Crippen LogP contribution in [0.2, 0.25) is 0 Å². The van der Waals surface area contributed by atoms with Gasteiger partial charge in [0.15, 0.2) is 11.5 Å². The predicted molar refractivity (Wildman–Crippen MR) is 120 cm³/mol. The normalized spacial score (nSPS) is 30.3. The monoisotopic (exact) mass is 447 g/mol. The van der Waals surface area contributed by atoms with Gasteiger partial charge in [-0.1, -0.05) is 18.2 Å². The maximum Gasteiger partial charge on any atom is 0.252 e. The molecule has 4 aliphatic heterocycles. The quantitative estimate of drug-likeness (QED) is 0.671. The van der Waals surface area contributed by atoms with Gasteiger partial charge >= 0.3 is 0 Å². The number of ether oxygens (including phenoxy) is 2. The standard InChI is InChI=1S/C25H25N3O5/c1-26-16-8-5-4-7-15(16)25(24(26)31)21-20(17-9-6-12-27(17)25)22(29)28(23(21)30)14-10-11-18(32-2)19(13-14)33-3/h4-5,7-8,10-11,13,17,20-21H,6,9,12H2,1-3H3. The highest BCUT2D eigenvalue weighted by molar-refractivity contribution is 6.26. The third-order valence-corrected chi connectivity index (χ3v) is 7.90. The molecule has 3 saturated heterocycles. The van der Waals surface area contributed by atoms with Crippen LogP contribution in [0.3, 0.4) is 0 Å². The largest absolute Gasteiger partial charge is 0.493 e. The lowest BCUT2D eigenvalue weighted by atomic mass is 9.75.